The van der Waals surface area contributed by atoms with E-state index in [1.807, 2.05) is 0 Å². The first-order valence-electron chi connectivity index (χ1n) is 6.25. The summed E-state index contributed by atoms with van der Waals surface area (Å²) < 4.78 is 0. The minimum atomic E-state index is 0. The Morgan fingerprint density at radius 3 is 1.25 bits per heavy atom. The molecule has 2 unspecified atom stereocenters. The largest absolute Gasteiger partial charge is 2.00 e. The van der Waals surface area contributed by atoms with Crippen molar-refractivity contribution >= 4 is 0 Å². The third kappa shape index (κ3) is 12.7. The molecule has 0 N–H and O–H groups in total. The van der Waals surface area contributed by atoms with E-state index < -0.39 is 0 Å². The maximum absolute atomic E-state index is 4.63. The van der Waals surface area contributed by atoms with Crippen LogP contribution in [0.2, 0.25) is 0 Å². The van der Waals surface area contributed by atoms with Crippen molar-refractivity contribution in [3.8, 4) is 0 Å². The second-order valence-electron chi connectivity index (χ2n) is 5.45. The standard InChI is InChI=1S/C13H28N2.Pd/c1-10(2)8-14-12(5)7-13(6)15-9-11(3)4;/h10-13H,7-9H2,1-6H3;/q-2;+2. The van der Waals surface area contributed by atoms with Crippen LogP contribution in [0.25, 0.3) is 10.6 Å². The maximum Gasteiger partial charge on any atom is 2.00 e. The van der Waals surface area contributed by atoms with Gasteiger partial charge in [-0.15, -0.1) is 25.2 Å². The van der Waals surface area contributed by atoms with E-state index in [4.69, 9.17) is 0 Å². The van der Waals surface area contributed by atoms with Gasteiger partial charge in [0.2, 0.25) is 0 Å². The minimum absolute atomic E-state index is 0. The van der Waals surface area contributed by atoms with Crippen LogP contribution in [0.15, 0.2) is 0 Å². The molecule has 0 heterocycles. The molecular formula is C13H28N2Pd. The Morgan fingerprint density at radius 1 is 0.688 bits per heavy atom. The fraction of sp³-hybridized carbons (Fsp3) is 1.00. The summed E-state index contributed by atoms with van der Waals surface area (Å²) in [6.45, 7) is 15.2. The van der Waals surface area contributed by atoms with E-state index in [9.17, 15) is 0 Å². The average Bonchev–Trinajstić information content (AvgIpc) is 2.11. The second kappa shape index (κ2) is 10.7. The molecule has 0 radical (unpaired) electrons. The van der Waals surface area contributed by atoms with Gasteiger partial charge in [0, 0.05) is 0 Å². The van der Waals surface area contributed by atoms with Crippen molar-refractivity contribution in [1.29, 1.82) is 0 Å². The van der Waals surface area contributed by atoms with Gasteiger partial charge in [0.25, 0.3) is 0 Å². The van der Waals surface area contributed by atoms with Crippen LogP contribution >= 0.6 is 0 Å². The topological polar surface area (TPSA) is 28.2 Å². The smallest absolute Gasteiger partial charge is 0.660 e. The van der Waals surface area contributed by atoms with Gasteiger partial charge in [0.05, 0.1) is 0 Å². The summed E-state index contributed by atoms with van der Waals surface area (Å²) in [6.07, 6.45) is 1.10. The van der Waals surface area contributed by atoms with Crippen LogP contribution in [-0.4, -0.2) is 25.2 Å². The third-order valence-electron chi connectivity index (χ3n) is 2.25. The summed E-state index contributed by atoms with van der Waals surface area (Å²) in [4.78, 5) is 0. The van der Waals surface area contributed by atoms with Gasteiger partial charge in [-0.3, -0.25) is 0 Å². The molecule has 0 aliphatic rings. The molecule has 0 aromatic heterocycles. The van der Waals surface area contributed by atoms with Crippen LogP contribution in [0.3, 0.4) is 0 Å². The molecule has 0 saturated heterocycles. The molecule has 0 fully saturated rings. The molecule has 0 aliphatic carbocycles. The molecule has 0 saturated carbocycles. The summed E-state index contributed by atoms with van der Waals surface area (Å²) in [5.41, 5.74) is 0. The van der Waals surface area contributed by atoms with Gasteiger partial charge in [0.1, 0.15) is 0 Å². The van der Waals surface area contributed by atoms with E-state index in [-0.39, 0.29) is 20.4 Å². The van der Waals surface area contributed by atoms with Gasteiger partial charge in [-0.05, 0) is 0 Å². The van der Waals surface area contributed by atoms with E-state index in [0.29, 0.717) is 23.9 Å². The molecule has 0 aromatic carbocycles. The van der Waals surface area contributed by atoms with Crippen LogP contribution in [-0.2, 0) is 20.4 Å². The van der Waals surface area contributed by atoms with Gasteiger partial charge in [-0.1, -0.05) is 59.8 Å². The van der Waals surface area contributed by atoms with Crippen LogP contribution in [0.5, 0.6) is 0 Å². The Kier molecular flexibility index (Phi) is 12.7. The average molecular weight is 319 g/mol. The Bertz CT molecular complexity index is 133. The minimum Gasteiger partial charge on any atom is -0.660 e. The zero-order valence-electron chi connectivity index (χ0n) is 11.6. The summed E-state index contributed by atoms with van der Waals surface area (Å²) in [7, 11) is 0. The molecule has 0 amide bonds. The van der Waals surface area contributed by atoms with Gasteiger partial charge < -0.3 is 10.6 Å². The Hall–Kier alpha value is 0.582. The molecule has 3 heteroatoms. The van der Waals surface area contributed by atoms with Crippen LogP contribution in [0, 0.1) is 11.8 Å². The molecule has 16 heavy (non-hydrogen) atoms. The van der Waals surface area contributed by atoms with Crippen molar-refractivity contribution in [2.75, 3.05) is 13.1 Å². The van der Waals surface area contributed by atoms with Crippen molar-refractivity contribution in [1.82, 2.24) is 0 Å². The Balaban J connectivity index is 0. The summed E-state index contributed by atoms with van der Waals surface area (Å²) in [5.74, 6) is 1.35. The first-order valence-corrected chi connectivity index (χ1v) is 6.25. The van der Waals surface area contributed by atoms with E-state index in [1.165, 1.54) is 0 Å². The monoisotopic (exact) mass is 318 g/mol. The maximum atomic E-state index is 4.63. The molecular weight excluding hydrogens is 291 g/mol. The van der Waals surface area contributed by atoms with Gasteiger partial charge in [-0.2, -0.15) is 0 Å². The molecule has 2 atom stereocenters. The van der Waals surface area contributed by atoms with E-state index in [2.05, 4.69) is 52.2 Å². The van der Waals surface area contributed by atoms with Crippen molar-refractivity contribution in [2.24, 2.45) is 11.8 Å². The number of hydrogen-bond donors (Lipinski definition) is 0. The Morgan fingerprint density at radius 2 is 1.00 bits per heavy atom. The van der Waals surface area contributed by atoms with Gasteiger partial charge >= 0.3 is 20.4 Å². The number of hydrogen-bond acceptors (Lipinski definition) is 0. The molecule has 0 aromatic rings. The molecule has 2 nitrogen and oxygen atoms in total. The Labute approximate surface area is 116 Å². The molecule has 0 bridgehead atoms. The van der Waals surface area contributed by atoms with Gasteiger partial charge in [-0.25, -0.2) is 0 Å². The van der Waals surface area contributed by atoms with E-state index >= 15 is 0 Å². The number of rotatable bonds is 8. The van der Waals surface area contributed by atoms with Gasteiger partial charge in [0.15, 0.2) is 0 Å². The normalized spacial score (nSPS) is 15.0. The quantitative estimate of drug-likeness (QED) is 0.600. The molecule has 0 aliphatic heterocycles. The van der Waals surface area contributed by atoms with Crippen LogP contribution in [0.1, 0.15) is 48.0 Å². The predicted molar refractivity (Wildman–Crippen MR) is 69.7 cm³/mol. The van der Waals surface area contributed by atoms with Crippen molar-refractivity contribution in [3.05, 3.63) is 10.6 Å². The number of nitrogens with zero attached hydrogens (tertiary/aromatic N) is 2. The fourth-order valence-electron chi connectivity index (χ4n) is 1.42. The summed E-state index contributed by atoms with van der Waals surface area (Å²) >= 11 is 0. The van der Waals surface area contributed by atoms with Crippen molar-refractivity contribution < 1.29 is 20.4 Å². The van der Waals surface area contributed by atoms with Crippen molar-refractivity contribution in [3.63, 3.8) is 0 Å². The first-order chi connectivity index (χ1) is 6.91. The van der Waals surface area contributed by atoms with Crippen molar-refractivity contribution in [2.45, 2.75) is 60.0 Å². The summed E-state index contributed by atoms with van der Waals surface area (Å²) in [6, 6.07) is 0.914. The van der Waals surface area contributed by atoms with E-state index in [0.717, 1.165) is 19.5 Å². The second-order valence-corrected chi connectivity index (χ2v) is 5.45. The molecule has 0 rings (SSSR count). The van der Waals surface area contributed by atoms with Crippen LogP contribution < -0.4 is 0 Å². The molecule has 0 spiro atoms. The van der Waals surface area contributed by atoms with E-state index in [1.54, 1.807) is 0 Å². The fourth-order valence-corrected chi connectivity index (χ4v) is 1.42. The summed E-state index contributed by atoms with van der Waals surface area (Å²) in [5, 5.41) is 9.26. The zero-order valence-corrected chi connectivity index (χ0v) is 13.2. The van der Waals surface area contributed by atoms with Crippen LogP contribution in [0.4, 0.5) is 0 Å². The first kappa shape index (κ1) is 18.9. The predicted octanol–water partition coefficient (Wildman–Crippen LogP) is 4.21. The SMILES string of the molecule is CC(C)C[N-]C(C)CC(C)[N-]CC(C)C.[Pd+2]. The zero-order chi connectivity index (χ0) is 11.8. The third-order valence-corrected chi connectivity index (χ3v) is 2.25. The molecule has 100 valence electrons.